The van der Waals surface area contributed by atoms with E-state index in [4.69, 9.17) is 32.8 Å². The molecule has 0 aliphatic carbocycles. The molecule has 35 heavy (non-hydrogen) atoms. The normalized spacial score (nSPS) is 24.6. The summed E-state index contributed by atoms with van der Waals surface area (Å²) in [6, 6.07) is -0.771. The van der Waals surface area contributed by atoms with Crippen LogP contribution in [0.4, 0.5) is 0 Å². The molecule has 5 atom stereocenters. The number of hydrogen-bond acceptors (Lipinski definition) is 12. The van der Waals surface area contributed by atoms with Crippen molar-refractivity contribution in [1.29, 1.82) is 0 Å². The molecule has 204 valence electrons. The lowest BCUT2D eigenvalue weighted by atomic mass is 9.96. The zero-order valence-corrected chi connectivity index (χ0v) is 23.3. The summed E-state index contributed by atoms with van der Waals surface area (Å²) in [6.45, 7) is 4.09. The third kappa shape index (κ3) is 15.5. The van der Waals surface area contributed by atoms with Gasteiger partial charge in [0, 0.05) is 23.7 Å². The average Bonchev–Trinajstić information content (AvgIpc) is 3.03. The molecule has 0 bridgehead atoms. The molecule has 2 radical (unpaired) electrons. The first-order valence-electron chi connectivity index (χ1n) is 10.0. The maximum atomic E-state index is 11.9. The molecule has 15 nitrogen and oxygen atoms in total. The molecule has 1 saturated heterocycles. The van der Waals surface area contributed by atoms with Crippen LogP contribution < -0.4 is 11.1 Å². The lowest BCUT2D eigenvalue weighted by Gasteiger charge is -2.24. The standard InChI is InChI=1S/C14H30BN2O13P3S2/c1-14(2,8-17-13(18)4-3-5-16)35-34-9-26-10-6-12(15)28-11(10)7-27-32(22,23)30-33(24,25)29-31(19,20)21/h10-12H,3-9,16H2,1-2H3,(H,17,18)(H,22,23)(H,24,25)(H2,19,20,21)/t10-,11?,12-/m1/s1. The smallest absolute Gasteiger partial charge is 0.380 e. The van der Waals surface area contributed by atoms with E-state index in [0.29, 0.717) is 25.9 Å². The number of phosphoric acid groups is 3. The van der Waals surface area contributed by atoms with Crippen molar-refractivity contribution in [2.24, 2.45) is 5.73 Å². The Balaban J connectivity index is 2.47. The number of hydrogen-bond donors (Lipinski definition) is 6. The van der Waals surface area contributed by atoms with Gasteiger partial charge in [0.15, 0.2) is 0 Å². The predicted octanol–water partition coefficient (Wildman–Crippen LogP) is 0.971. The zero-order valence-electron chi connectivity index (χ0n) is 19.0. The van der Waals surface area contributed by atoms with Crippen LogP contribution in [0.15, 0.2) is 0 Å². The van der Waals surface area contributed by atoms with E-state index in [1.54, 1.807) is 0 Å². The minimum Gasteiger partial charge on any atom is -0.380 e. The topological polar surface area (TPSA) is 233 Å². The number of carbonyl (C=O) groups is 1. The van der Waals surface area contributed by atoms with Gasteiger partial charge in [-0.3, -0.25) is 9.32 Å². The molecule has 1 aliphatic heterocycles. The molecule has 0 aromatic heterocycles. The van der Waals surface area contributed by atoms with E-state index < -0.39 is 48.3 Å². The molecule has 21 heteroatoms. The maximum absolute atomic E-state index is 11.9. The summed E-state index contributed by atoms with van der Waals surface area (Å²) in [7, 11) is -7.84. The number of nitrogens with two attached hydrogens (primary N) is 1. The highest BCUT2D eigenvalue weighted by Crippen LogP contribution is 2.66. The van der Waals surface area contributed by atoms with Crippen molar-refractivity contribution < 1.29 is 60.7 Å². The lowest BCUT2D eigenvalue weighted by molar-refractivity contribution is -0.121. The van der Waals surface area contributed by atoms with Gasteiger partial charge >= 0.3 is 23.5 Å². The Morgan fingerprint density at radius 3 is 2.46 bits per heavy atom. The highest BCUT2D eigenvalue weighted by Gasteiger charge is 2.42. The van der Waals surface area contributed by atoms with Crippen molar-refractivity contribution in [3.8, 4) is 0 Å². The Kier molecular flexibility index (Phi) is 14.0. The van der Waals surface area contributed by atoms with E-state index in [9.17, 15) is 28.3 Å². The van der Waals surface area contributed by atoms with E-state index in [-0.39, 0.29) is 23.0 Å². The highest BCUT2D eigenvalue weighted by atomic mass is 33.1. The Bertz CT molecular complexity index is 835. The van der Waals surface area contributed by atoms with Crippen LogP contribution in [0.5, 0.6) is 0 Å². The first-order valence-corrected chi connectivity index (χ1v) is 16.9. The summed E-state index contributed by atoms with van der Waals surface area (Å²) in [4.78, 5) is 47.6. The third-order valence-corrected chi connectivity index (χ3v) is 10.7. The number of nitrogens with one attached hydrogen (secondary N) is 1. The number of rotatable bonds is 17. The van der Waals surface area contributed by atoms with Crippen molar-refractivity contribution in [3.63, 3.8) is 0 Å². The molecule has 1 aliphatic rings. The highest BCUT2D eigenvalue weighted by molar-refractivity contribution is 8.77. The van der Waals surface area contributed by atoms with Gasteiger partial charge in [-0.2, -0.15) is 8.62 Å². The molecule has 7 N–H and O–H groups in total. The molecule has 3 unspecified atom stereocenters. The van der Waals surface area contributed by atoms with Gasteiger partial charge in [0.1, 0.15) is 19.9 Å². The van der Waals surface area contributed by atoms with Crippen LogP contribution >= 0.6 is 45.1 Å². The Labute approximate surface area is 212 Å². The summed E-state index contributed by atoms with van der Waals surface area (Å²) >= 11 is 0. The summed E-state index contributed by atoms with van der Waals surface area (Å²) in [5, 5.41) is 2.84. The second kappa shape index (κ2) is 14.6. The first kappa shape index (κ1) is 33.6. The lowest BCUT2D eigenvalue weighted by Crippen LogP contribution is -2.36. The SMILES string of the molecule is [B][C@H]1C[C@@H](OCSSC(C)(C)CNC(=O)CCCN)C(COP(=O)(O)OP(=O)(O)OP(=O)(O)O)O1. The molecule has 1 rings (SSSR count). The monoisotopic (exact) mass is 602 g/mol. The van der Waals surface area contributed by atoms with Gasteiger partial charge in [0.25, 0.3) is 0 Å². The summed E-state index contributed by atoms with van der Waals surface area (Å²) < 4.78 is 56.6. The molecule has 1 fully saturated rings. The quantitative estimate of drug-likeness (QED) is 0.0447. The van der Waals surface area contributed by atoms with Crippen LogP contribution in [0.1, 0.15) is 33.1 Å². The molecule has 0 spiro atoms. The molecule has 1 heterocycles. The van der Waals surface area contributed by atoms with Gasteiger partial charge < -0.3 is 40.1 Å². The minimum atomic E-state index is -5.62. The van der Waals surface area contributed by atoms with Crippen LogP contribution in [0.3, 0.4) is 0 Å². The van der Waals surface area contributed by atoms with E-state index in [0.717, 1.165) is 0 Å². The summed E-state index contributed by atoms with van der Waals surface area (Å²) in [6.07, 6.45) is -0.426. The zero-order chi connectivity index (χ0) is 26.9. The molecule has 1 amide bonds. The van der Waals surface area contributed by atoms with Gasteiger partial charge in [-0.25, -0.2) is 13.7 Å². The fourth-order valence-corrected chi connectivity index (χ4v) is 7.74. The van der Waals surface area contributed by atoms with Crippen LogP contribution in [-0.2, 0) is 41.1 Å². The molecule has 0 saturated carbocycles. The van der Waals surface area contributed by atoms with E-state index in [2.05, 4.69) is 18.5 Å². The number of amides is 1. The summed E-state index contributed by atoms with van der Waals surface area (Å²) in [5.74, 6) is 0.0862. The fourth-order valence-electron chi connectivity index (χ4n) is 2.53. The fraction of sp³-hybridized carbons (Fsp3) is 0.929. The first-order chi connectivity index (χ1) is 15.9. The van der Waals surface area contributed by atoms with Gasteiger partial charge in [-0.1, -0.05) is 21.6 Å². The maximum Gasteiger partial charge on any atom is 0.490 e. The number of phosphoric ester groups is 1. The second-order valence-electron chi connectivity index (χ2n) is 7.79. The van der Waals surface area contributed by atoms with Crippen LogP contribution in [0.2, 0.25) is 0 Å². The molecule has 0 aromatic carbocycles. The van der Waals surface area contributed by atoms with Crippen molar-refractivity contribution >= 4 is 58.8 Å². The molecular weight excluding hydrogens is 572 g/mol. The summed E-state index contributed by atoms with van der Waals surface area (Å²) in [5.41, 5.74) is 5.38. The van der Waals surface area contributed by atoms with Gasteiger partial charge in [-0.05, 0) is 33.2 Å². The Morgan fingerprint density at radius 2 is 1.86 bits per heavy atom. The average molecular weight is 602 g/mol. The largest absolute Gasteiger partial charge is 0.490 e. The van der Waals surface area contributed by atoms with Gasteiger partial charge in [0.2, 0.25) is 5.91 Å². The van der Waals surface area contributed by atoms with Gasteiger partial charge in [0.05, 0.1) is 12.7 Å². The minimum absolute atomic E-state index is 0.0821. The van der Waals surface area contributed by atoms with Crippen LogP contribution in [0.25, 0.3) is 0 Å². The third-order valence-electron chi connectivity index (χ3n) is 3.98. The van der Waals surface area contributed by atoms with Crippen LogP contribution in [0, 0.1) is 0 Å². The second-order valence-corrected chi connectivity index (χ2v) is 15.2. The predicted molar refractivity (Wildman–Crippen MR) is 129 cm³/mol. The van der Waals surface area contributed by atoms with E-state index in [1.807, 2.05) is 13.8 Å². The Morgan fingerprint density at radius 1 is 1.20 bits per heavy atom. The Hall–Kier alpha value is 0.525. The van der Waals surface area contributed by atoms with Crippen LogP contribution in [-0.4, -0.2) is 81.9 Å². The van der Waals surface area contributed by atoms with Crippen molar-refractivity contribution in [2.45, 2.75) is 56.1 Å². The van der Waals surface area contributed by atoms with Crippen molar-refractivity contribution in [2.75, 3.05) is 25.6 Å². The van der Waals surface area contributed by atoms with Crippen molar-refractivity contribution in [3.05, 3.63) is 0 Å². The van der Waals surface area contributed by atoms with Gasteiger partial charge in [-0.15, -0.1) is 0 Å². The molecular formula is C14H30BN2O13P3S2. The van der Waals surface area contributed by atoms with E-state index in [1.165, 1.54) is 21.6 Å². The number of ether oxygens (including phenoxy) is 2. The molecule has 0 aromatic rings. The number of carbonyl (C=O) groups excluding carboxylic acids is 1. The van der Waals surface area contributed by atoms with Crippen molar-refractivity contribution in [1.82, 2.24) is 5.32 Å². The van der Waals surface area contributed by atoms with E-state index >= 15 is 0 Å².